The van der Waals surface area contributed by atoms with Crippen LogP contribution in [0.2, 0.25) is 0 Å². The fraction of sp³-hybridized carbons (Fsp3) is 1.00. The molecule has 90 valence electrons. The van der Waals surface area contributed by atoms with Crippen molar-refractivity contribution in [2.75, 3.05) is 20.3 Å². The molecule has 1 rings (SSSR count). The maximum absolute atomic E-state index is 5.72. The molecule has 1 atom stereocenters. The van der Waals surface area contributed by atoms with Crippen molar-refractivity contribution in [1.29, 1.82) is 0 Å². The molecule has 0 aromatic heterocycles. The van der Waals surface area contributed by atoms with Gasteiger partial charge in [-0.3, -0.25) is 0 Å². The Balaban J connectivity index is 2.15. The summed E-state index contributed by atoms with van der Waals surface area (Å²) in [5.41, 5.74) is 0. The highest BCUT2D eigenvalue weighted by molar-refractivity contribution is 4.77. The molecule has 0 aromatic rings. The predicted octanol–water partition coefficient (Wildman–Crippen LogP) is 2.97. The average Bonchev–Trinajstić information content (AvgIpc) is 2.30. The monoisotopic (exact) mass is 213 g/mol. The third kappa shape index (κ3) is 4.98. The zero-order valence-corrected chi connectivity index (χ0v) is 10.4. The standard InChI is InChI=1S/C13H27NO/c1-3-4-10-15-11-13(14-2)12-8-6-5-7-9-12/h12-14H,3-11H2,1-2H3. The van der Waals surface area contributed by atoms with Gasteiger partial charge in [-0.2, -0.15) is 0 Å². The summed E-state index contributed by atoms with van der Waals surface area (Å²) in [6.07, 6.45) is 9.47. The molecule has 1 aliphatic carbocycles. The molecule has 0 aromatic carbocycles. The molecule has 1 fully saturated rings. The van der Waals surface area contributed by atoms with E-state index in [2.05, 4.69) is 19.3 Å². The second-order valence-electron chi connectivity index (χ2n) is 4.72. The first-order valence-electron chi connectivity index (χ1n) is 6.63. The lowest BCUT2D eigenvalue weighted by Crippen LogP contribution is -2.38. The Morgan fingerprint density at radius 1 is 1.27 bits per heavy atom. The number of hydrogen-bond acceptors (Lipinski definition) is 2. The quantitative estimate of drug-likeness (QED) is 0.656. The number of unbranched alkanes of at least 4 members (excludes halogenated alkanes) is 1. The van der Waals surface area contributed by atoms with Crippen LogP contribution in [0.25, 0.3) is 0 Å². The van der Waals surface area contributed by atoms with Gasteiger partial charge in [0.25, 0.3) is 0 Å². The predicted molar refractivity (Wildman–Crippen MR) is 65.1 cm³/mol. The first-order chi connectivity index (χ1) is 7.38. The molecule has 1 aliphatic rings. The maximum atomic E-state index is 5.72. The van der Waals surface area contributed by atoms with Gasteiger partial charge in [-0.15, -0.1) is 0 Å². The summed E-state index contributed by atoms with van der Waals surface area (Å²) in [6, 6.07) is 0.585. The van der Waals surface area contributed by atoms with E-state index in [1.807, 2.05) is 0 Å². The normalized spacial score (nSPS) is 20.4. The first-order valence-corrected chi connectivity index (χ1v) is 6.63. The van der Waals surface area contributed by atoms with Crippen molar-refractivity contribution in [2.24, 2.45) is 5.92 Å². The Morgan fingerprint density at radius 3 is 2.60 bits per heavy atom. The second-order valence-corrected chi connectivity index (χ2v) is 4.72. The van der Waals surface area contributed by atoms with Crippen LogP contribution in [0.5, 0.6) is 0 Å². The third-order valence-corrected chi connectivity index (χ3v) is 3.53. The van der Waals surface area contributed by atoms with Gasteiger partial charge >= 0.3 is 0 Å². The van der Waals surface area contributed by atoms with E-state index in [9.17, 15) is 0 Å². The zero-order chi connectivity index (χ0) is 10.9. The number of likely N-dealkylation sites (N-methyl/N-ethyl adjacent to an activating group) is 1. The van der Waals surface area contributed by atoms with Crippen LogP contribution in [0.15, 0.2) is 0 Å². The van der Waals surface area contributed by atoms with E-state index in [0.717, 1.165) is 19.1 Å². The maximum Gasteiger partial charge on any atom is 0.0622 e. The van der Waals surface area contributed by atoms with Gasteiger partial charge in [0.2, 0.25) is 0 Å². The summed E-state index contributed by atoms with van der Waals surface area (Å²) < 4.78 is 5.72. The molecule has 2 heteroatoms. The Hall–Kier alpha value is -0.0800. The van der Waals surface area contributed by atoms with Gasteiger partial charge in [-0.25, -0.2) is 0 Å². The van der Waals surface area contributed by atoms with E-state index in [1.165, 1.54) is 44.9 Å². The van der Waals surface area contributed by atoms with E-state index in [0.29, 0.717) is 6.04 Å². The van der Waals surface area contributed by atoms with E-state index in [4.69, 9.17) is 4.74 Å². The minimum Gasteiger partial charge on any atom is -0.380 e. The number of nitrogens with one attached hydrogen (secondary N) is 1. The highest BCUT2D eigenvalue weighted by atomic mass is 16.5. The summed E-state index contributed by atoms with van der Waals surface area (Å²) in [5.74, 6) is 0.852. The molecule has 0 bridgehead atoms. The van der Waals surface area contributed by atoms with Crippen molar-refractivity contribution in [1.82, 2.24) is 5.32 Å². The van der Waals surface area contributed by atoms with Crippen LogP contribution in [0, 0.1) is 5.92 Å². The summed E-state index contributed by atoms with van der Waals surface area (Å²) in [5, 5.41) is 3.42. The summed E-state index contributed by atoms with van der Waals surface area (Å²) in [4.78, 5) is 0. The Labute approximate surface area is 94.8 Å². The molecule has 0 radical (unpaired) electrons. The molecule has 0 spiro atoms. The van der Waals surface area contributed by atoms with E-state index >= 15 is 0 Å². The van der Waals surface area contributed by atoms with Crippen LogP contribution >= 0.6 is 0 Å². The SMILES string of the molecule is CCCCOCC(NC)C1CCCCC1. The van der Waals surface area contributed by atoms with Crippen molar-refractivity contribution in [3.8, 4) is 0 Å². The Kier molecular flexibility index (Phi) is 7.03. The van der Waals surface area contributed by atoms with Gasteiger partial charge in [-0.05, 0) is 32.2 Å². The zero-order valence-electron chi connectivity index (χ0n) is 10.4. The molecule has 1 saturated carbocycles. The molecule has 0 aliphatic heterocycles. The molecule has 2 nitrogen and oxygen atoms in total. The average molecular weight is 213 g/mol. The number of rotatable bonds is 7. The van der Waals surface area contributed by atoms with Crippen molar-refractivity contribution in [3.05, 3.63) is 0 Å². The van der Waals surface area contributed by atoms with Gasteiger partial charge in [0.1, 0.15) is 0 Å². The van der Waals surface area contributed by atoms with E-state index in [-0.39, 0.29) is 0 Å². The van der Waals surface area contributed by atoms with Crippen LogP contribution in [-0.2, 0) is 4.74 Å². The van der Waals surface area contributed by atoms with Gasteiger partial charge in [0.15, 0.2) is 0 Å². The van der Waals surface area contributed by atoms with E-state index < -0.39 is 0 Å². The van der Waals surface area contributed by atoms with E-state index in [1.54, 1.807) is 0 Å². The van der Waals surface area contributed by atoms with Crippen LogP contribution in [0.1, 0.15) is 51.9 Å². The van der Waals surface area contributed by atoms with Crippen LogP contribution in [0.4, 0.5) is 0 Å². The molecular formula is C13H27NO. The summed E-state index contributed by atoms with van der Waals surface area (Å²) in [7, 11) is 2.07. The highest BCUT2D eigenvalue weighted by Crippen LogP contribution is 2.26. The van der Waals surface area contributed by atoms with Crippen molar-refractivity contribution in [3.63, 3.8) is 0 Å². The topological polar surface area (TPSA) is 21.3 Å². The molecule has 0 saturated heterocycles. The van der Waals surface area contributed by atoms with Crippen LogP contribution in [0.3, 0.4) is 0 Å². The fourth-order valence-electron chi connectivity index (χ4n) is 2.45. The fourth-order valence-corrected chi connectivity index (χ4v) is 2.45. The molecule has 15 heavy (non-hydrogen) atoms. The number of ether oxygens (including phenoxy) is 1. The largest absolute Gasteiger partial charge is 0.380 e. The summed E-state index contributed by atoms with van der Waals surface area (Å²) in [6.45, 7) is 4.04. The molecular weight excluding hydrogens is 186 g/mol. The van der Waals surface area contributed by atoms with Crippen LogP contribution < -0.4 is 5.32 Å². The smallest absolute Gasteiger partial charge is 0.0622 e. The Morgan fingerprint density at radius 2 is 2.00 bits per heavy atom. The Bertz CT molecular complexity index is 143. The molecule has 0 amide bonds. The lowest BCUT2D eigenvalue weighted by atomic mass is 9.84. The van der Waals surface area contributed by atoms with Gasteiger partial charge in [-0.1, -0.05) is 32.6 Å². The minimum absolute atomic E-state index is 0.585. The molecule has 0 heterocycles. The third-order valence-electron chi connectivity index (χ3n) is 3.53. The minimum atomic E-state index is 0.585. The lowest BCUT2D eigenvalue weighted by Gasteiger charge is -2.29. The van der Waals surface area contributed by atoms with Gasteiger partial charge < -0.3 is 10.1 Å². The highest BCUT2D eigenvalue weighted by Gasteiger charge is 2.22. The number of hydrogen-bond donors (Lipinski definition) is 1. The molecule has 1 N–H and O–H groups in total. The molecule has 1 unspecified atom stereocenters. The van der Waals surface area contributed by atoms with Crippen LogP contribution in [-0.4, -0.2) is 26.3 Å². The first kappa shape index (κ1) is 13.0. The van der Waals surface area contributed by atoms with Crippen molar-refractivity contribution < 1.29 is 4.74 Å². The van der Waals surface area contributed by atoms with Crippen molar-refractivity contribution in [2.45, 2.75) is 57.9 Å². The van der Waals surface area contributed by atoms with Crippen molar-refractivity contribution >= 4 is 0 Å². The summed E-state index contributed by atoms with van der Waals surface area (Å²) >= 11 is 0. The lowest BCUT2D eigenvalue weighted by molar-refractivity contribution is 0.0853. The second kappa shape index (κ2) is 8.12. The van der Waals surface area contributed by atoms with Gasteiger partial charge in [0, 0.05) is 12.6 Å². The van der Waals surface area contributed by atoms with Gasteiger partial charge in [0.05, 0.1) is 6.61 Å².